The monoisotopic (exact) mass is 379 g/mol. The number of carbonyl (C=O) groups is 1. The predicted octanol–water partition coefficient (Wildman–Crippen LogP) is 2.66. The van der Waals surface area contributed by atoms with Crippen LogP contribution >= 0.6 is 27.3 Å². The largest absolute Gasteiger partial charge is 0.346 e. The van der Waals surface area contributed by atoms with Gasteiger partial charge in [0.15, 0.2) is 0 Å². The molecule has 2 N–H and O–H groups in total. The van der Waals surface area contributed by atoms with Gasteiger partial charge in [0.1, 0.15) is 6.04 Å². The highest BCUT2D eigenvalue weighted by Crippen LogP contribution is 2.17. The summed E-state index contributed by atoms with van der Waals surface area (Å²) in [6, 6.07) is 12.2. The van der Waals surface area contributed by atoms with Gasteiger partial charge in [-0.25, -0.2) is 0 Å². The van der Waals surface area contributed by atoms with Crippen molar-refractivity contribution in [3.05, 3.63) is 56.7 Å². The van der Waals surface area contributed by atoms with Gasteiger partial charge in [0.2, 0.25) is 0 Å². The van der Waals surface area contributed by atoms with Gasteiger partial charge < -0.3 is 10.2 Å². The second-order valence-corrected chi connectivity index (χ2v) is 7.55. The van der Waals surface area contributed by atoms with E-state index in [1.807, 2.05) is 24.3 Å². The minimum atomic E-state index is 0.00135. The Morgan fingerprint density at radius 3 is 2.77 bits per heavy atom. The second-order valence-electron chi connectivity index (χ2n) is 5.65. The lowest BCUT2D eigenvalue weighted by Gasteiger charge is -2.24. The van der Waals surface area contributed by atoms with Gasteiger partial charge in [-0.3, -0.25) is 4.79 Å². The molecule has 1 fully saturated rings. The van der Waals surface area contributed by atoms with Crippen molar-refractivity contribution in [2.75, 3.05) is 19.6 Å². The summed E-state index contributed by atoms with van der Waals surface area (Å²) >= 11 is 5.20. The Morgan fingerprint density at radius 2 is 2.09 bits per heavy atom. The van der Waals surface area contributed by atoms with Crippen molar-refractivity contribution >= 4 is 33.2 Å². The molecule has 2 aromatic rings. The molecule has 1 aliphatic rings. The number of hydrogen-bond donors (Lipinski definition) is 2. The Hall–Kier alpha value is -1.17. The van der Waals surface area contributed by atoms with Crippen molar-refractivity contribution < 1.29 is 9.69 Å². The maximum absolute atomic E-state index is 12.3. The number of quaternary nitrogens is 1. The molecular formula is C17H20BrN2OS+. The number of thiophene rings is 1. The maximum Gasteiger partial charge on any atom is 0.251 e. The molecule has 1 aromatic heterocycles. The molecule has 22 heavy (non-hydrogen) atoms. The molecule has 1 saturated heterocycles. The summed E-state index contributed by atoms with van der Waals surface area (Å²) in [5.74, 6) is 0.00135. The molecule has 2 heterocycles. The van der Waals surface area contributed by atoms with Gasteiger partial charge in [0, 0.05) is 22.9 Å². The SMILES string of the molecule is O=C(NC[C@H](c1cccs1)[NH+]1CCCC1)c1cccc(Br)c1. The summed E-state index contributed by atoms with van der Waals surface area (Å²) in [7, 11) is 0. The van der Waals surface area contributed by atoms with Crippen LogP contribution in [0, 0.1) is 0 Å². The molecule has 1 aliphatic heterocycles. The molecular weight excluding hydrogens is 360 g/mol. The quantitative estimate of drug-likeness (QED) is 0.822. The lowest BCUT2D eigenvalue weighted by Crippen LogP contribution is -3.11. The molecule has 1 amide bonds. The molecule has 3 nitrogen and oxygen atoms in total. The van der Waals surface area contributed by atoms with E-state index in [2.05, 4.69) is 38.8 Å². The third-order valence-corrected chi connectivity index (χ3v) is 5.66. The molecule has 0 saturated carbocycles. The van der Waals surface area contributed by atoms with Crippen LogP contribution in [0.2, 0.25) is 0 Å². The zero-order chi connectivity index (χ0) is 15.4. The fourth-order valence-electron chi connectivity index (χ4n) is 3.04. The van der Waals surface area contributed by atoms with E-state index in [1.54, 1.807) is 16.2 Å². The van der Waals surface area contributed by atoms with Crippen LogP contribution in [0.5, 0.6) is 0 Å². The van der Waals surface area contributed by atoms with Crippen molar-refractivity contribution in [3.63, 3.8) is 0 Å². The average Bonchev–Trinajstić information content (AvgIpc) is 3.21. The van der Waals surface area contributed by atoms with Crippen LogP contribution in [0.15, 0.2) is 46.3 Å². The minimum Gasteiger partial charge on any atom is -0.346 e. The first-order chi connectivity index (χ1) is 10.7. The predicted molar refractivity (Wildman–Crippen MR) is 93.5 cm³/mol. The Bertz CT molecular complexity index is 623. The highest BCUT2D eigenvalue weighted by Gasteiger charge is 2.28. The van der Waals surface area contributed by atoms with E-state index in [9.17, 15) is 4.79 Å². The fourth-order valence-corrected chi connectivity index (χ4v) is 4.32. The first kappa shape index (κ1) is 15.7. The minimum absolute atomic E-state index is 0.00135. The van der Waals surface area contributed by atoms with Crippen molar-refractivity contribution in [1.29, 1.82) is 0 Å². The normalized spacial score (nSPS) is 16.6. The number of amides is 1. The summed E-state index contributed by atoms with van der Waals surface area (Å²) in [4.78, 5) is 15.3. The van der Waals surface area contributed by atoms with Gasteiger partial charge in [-0.1, -0.05) is 28.1 Å². The van der Waals surface area contributed by atoms with Crippen LogP contribution in [0.1, 0.15) is 34.1 Å². The van der Waals surface area contributed by atoms with Crippen LogP contribution in [-0.4, -0.2) is 25.5 Å². The van der Waals surface area contributed by atoms with E-state index >= 15 is 0 Å². The number of nitrogens with one attached hydrogen (secondary N) is 2. The van der Waals surface area contributed by atoms with Crippen molar-refractivity contribution in [2.24, 2.45) is 0 Å². The second kappa shape index (κ2) is 7.40. The van der Waals surface area contributed by atoms with Gasteiger partial charge >= 0.3 is 0 Å². The smallest absolute Gasteiger partial charge is 0.251 e. The van der Waals surface area contributed by atoms with E-state index < -0.39 is 0 Å². The molecule has 0 bridgehead atoms. The third-order valence-electron chi connectivity index (χ3n) is 4.18. The zero-order valence-corrected chi connectivity index (χ0v) is 14.8. The Kier molecular flexibility index (Phi) is 5.28. The summed E-state index contributed by atoms with van der Waals surface area (Å²) in [6.07, 6.45) is 2.58. The summed E-state index contributed by atoms with van der Waals surface area (Å²) in [5, 5.41) is 5.24. The molecule has 0 aliphatic carbocycles. The van der Waals surface area contributed by atoms with Crippen LogP contribution in [0.3, 0.4) is 0 Å². The number of rotatable bonds is 5. The van der Waals surface area contributed by atoms with Crippen LogP contribution < -0.4 is 10.2 Å². The van der Waals surface area contributed by atoms with E-state index in [0.717, 1.165) is 4.47 Å². The number of likely N-dealkylation sites (tertiary alicyclic amines) is 1. The van der Waals surface area contributed by atoms with Crippen LogP contribution in [0.25, 0.3) is 0 Å². The highest BCUT2D eigenvalue weighted by atomic mass is 79.9. The molecule has 1 aromatic carbocycles. The first-order valence-electron chi connectivity index (χ1n) is 7.66. The third kappa shape index (κ3) is 3.77. The Labute approximate surface area is 143 Å². The Morgan fingerprint density at radius 1 is 1.27 bits per heavy atom. The van der Waals surface area contributed by atoms with Crippen LogP contribution in [0.4, 0.5) is 0 Å². The molecule has 0 radical (unpaired) electrons. The Balaban J connectivity index is 1.67. The van der Waals surface area contributed by atoms with Crippen molar-refractivity contribution in [2.45, 2.75) is 18.9 Å². The van der Waals surface area contributed by atoms with E-state index in [1.165, 1.54) is 30.8 Å². The molecule has 5 heteroatoms. The van der Waals surface area contributed by atoms with Crippen molar-refractivity contribution in [1.82, 2.24) is 5.32 Å². The molecule has 116 valence electrons. The number of carbonyl (C=O) groups excluding carboxylic acids is 1. The molecule has 0 unspecified atom stereocenters. The van der Waals surface area contributed by atoms with E-state index in [-0.39, 0.29) is 5.91 Å². The van der Waals surface area contributed by atoms with Crippen LogP contribution in [-0.2, 0) is 0 Å². The topological polar surface area (TPSA) is 33.5 Å². The van der Waals surface area contributed by atoms with Gasteiger partial charge in [0.05, 0.1) is 24.5 Å². The van der Waals surface area contributed by atoms with Crippen molar-refractivity contribution in [3.8, 4) is 0 Å². The fraction of sp³-hybridized carbons (Fsp3) is 0.353. The number of benzene rings is 1. The number of hydrogen-bond acceptors (Lipinski definition) is 2. The van der Waals surface area contributed by atoms with Gasteiger partial charge in [-0.2, -0.15) is 0 Å². The maximum atomic E-state index is 12.3. The summed E-state index contributed by atoms with van der Waals surface area (Å²) in [6.45, 7) is 3.10. The highest BCUT2D eigenvalue weighted by molar-refractivity contribution is 9.10. The summed E-state index contributed by atoms with van der Waals surface area (Å²) in [5.41, 5.74) is 0.704. The average molecular weight is 380 g/mol. The molecule has 3 rings (SSSR count). The van der Waals surface area contributed by atoms with Gasteiger partial charge in [0.25, 0.3) is 5.91 Å². The summed E-state index contributed by atoms with van der Waals surface area (Å²) < 4.78 is 0.931. The molecule has 0 spiro atoms. The van der Waals surface area contributed by atoms with E-state index in [0.29, 0.717) is 18.2 Å². The lowest BCUT2D eigenvalue weighted by atomic mass is 10.2. The standard InChI is InChI=1S/C17H19BrN2OS/c18-14-6-3-5-13(11-14)17(21)19-12-15(16-7-4-10-22-16)20-8-1-2-9-20/h3-7,10-11,15H,1-2,8-9,12H2,(H,19,21)/p+1/t15-/m1/s1. The first-order valence-corrected chi connectivity index (χ1v) is 9.33. The van der Waals surface area contributed by atoms with Gasteiger partial charge in [-0.05, 0) is 29.6 Å². The lowest BCUT2D eigenvalue weighted by molar-refractivity contribution is -0.918. The van der Waals surface area contributed by atoms with E-state index in [4.69, 9.17) is 0 Å². The van der Waals surface area contributed by atoms with Gasteiger partial charge in [-0.15, -0.1) is 11.3 Å². The molecule has 1 atom stereocenters. The number of halogens is 1. The zero-order valence-electron chi connectivity index (χ0n) is 12.3.